The Kier molecular flexibility index (Phi) is 3.45. The first kappa shape index (κ1) is 13.1. The lowest BCUT2D eigenvalue weighted by Gasteiger charge is -2.27. The predicted octanol–water partition coefficient (Wildman–Crippen LogP) is 5.17. The molecular weight excluding hydrogens is 330 g/mol. The van der Waals surface area contributed by atoms with Gasteiger partial charge in [-0.2, -0.15) is 0 Å². The lowest BCUT2D eigenvalue weighted by Crippen LogP contribution is -2.27. The van der Waals surface area contributed by atoms with Crippen LogP contribution in [0.15, 0.2) is 34.1 Å². The molecule has 2 aliphatic carbocycles. The predicted molar refractivity (Wildman–Crippen MR) is 88.3 cm³/mol. The van der Waals surface area contributed by atoms with E-state index in [9.17, 15) is 0 Å². The lowest BCUT2D eigenvalue weighted by atomic mass is 9.93. The molecule has 20 heavy (non-hydrogen) atoms. The first-order chi connectivity index (χ1) is 9.81. The average Bonchev–Trinajstić information content (AvgIpc) is 3.03. The minimum absolute atomic E-state index is 0.539. The minimum atomic E-state index is 0.539. The van der Waals surface area contributed by atoms with Crippen LogP contribution in [0.3, 0.4) is 0 Å². The van der Waals surface area contributed by atoms with Crippen LogP contribution >= 0.6 is 27.3 Å². The molecule has 1 nitrogen and oxygen atoms in total. The zero-order valence-electron chi connectivity index (χ0n) is 11.4. The van der Waals surface area contributed by atoms with Gasteiger partial charge in [-0.25, -0.2) is 0 Å². The molecule has 0 saturated heterocycles. The molecule has 2 aliphatic rings. The van der Waals surface area contributed by atoms with Crippen LogP contribution in [0.1, 0.15) is 52.9 Å². The summed E-state index contributed by atoms with van der Waals surface area (Å²) in [4.78, 5) is 1.58. The number of nitrogens with one attached hydrogen (secondary N) is 1. The third-order valence-corrected chi connectivity index (χ3v) is 6.33. The maximum atomic E-state index is 3.93. The van der Waals surface area contributed by atoms with Crippen molar-refractivity contribution in [1.29, 1.82) is 0 Å². The van der Waals surface area contributed by atoms with Gasteiger partial charge in [0.1, 0.15) is 0 Å². The summed E-state index contributed by atoms with van der Waals surface area (Å²) in [6.07, 6.45) is 6.31. The molecule has 0 radical (unpaired) electrons. The van der Waals surface area contributed by atoms with Gasteiger partial charge >= 0.3 is 0 Å². The van der Waals surface area contributed by atoms with Crippen molar-refractivity contribution < 1.29 is 0 Å². The molecule has 1 aromatic heterocycles. The quantitative estimate of drug-likeness (QED) is 0.790. The van der Waals surface area contributed by atoms with Crippen LogP contribution in [-0.4, -0.2) is 0 Å². The van der Waals surface area contributed by atoms with Crippen molar-refractivity contribution in [2.75, 3.05) is 0 Å². The summed E-state index contributed by atoms with van der Waals surface area (Å²) in [6.45, 7) is 0. The zero-order valence-corrected chi connectivity index (χ0v) is 13.8. The molecular formula is C17H18BrNS. The van der Waals surface area contributed by atoms with Gasteiger partial charge < -0.3 is 5.32 Å². The zero-order chi connectivity index (χ0) is 13.5. The maximum Gasteiger partial charge on any atom is 0.0704 e. The van der Waals surface area contributed by atoms with E-state index in [-0.39, 0.29) is 0 Å². The summed E-state index contributed by atoms with van der Waals surface area (Å²) in [6, 6.07) is 12.3. The number of benzene rings is 1. The number of hydrogen-bond donors (Lipinski definition) is 1. The molecule has 0 saturated carbocycles. The Hall–Kier alpha value is -0.640. The van der Waals surface area contributed by atoms with Crippen molar-refractivity contribution >= 4 is 27.3 Å². The fourth-order valence-corrected chi connectivity index (χ4v) is 5.49. The number of halogens is 1. The molecule has 3 heteroatoms. The van der Waals surface area contributed by atoms with E-state index in [1.807, 2.05) is 11.3 Å². The highest BCUT2D eigenvalue weighted by Gasteiger charge is 2.28. The van der Waals surface area contributed by atoms with E-state index >= 15 is 0 Å². The summed E-state index contributed by atoms with van der Waals surface area (Å²) in [7, 11) is 0. The molecule has 2 aromatic rings. The molecule has 0 spiro atoms. The normalized spacial score (nSPS) is 24.4. The standard InChI is InChI=1S/C17H18BrNS/c18-17-10-13-14(6-3-7-16(13)20-17)19-15-9-8-11-4-1-2-5-12(11)15/h1-2,4-5,10,14-15,19H,3,6-9H2. The van der Waals surface area contributed by atoms with Gasteiger partial charge in [0.2, 0.25) is 0 Å². The summed E-state index contributed by atoms with van der Waals surface area (Å²) in [5.74, 6) is 0. The van der Waals surface area contributed by atoms with Crippen molar-refractivity contribution in [1.82, 2.24) is 5.32 Å². The highest BCUT2D eigenvalue weighted by atomic mass is 79.9. The number of hydrogen-bond acceptors (Lipinski definition) is 2. The van der Waals surface area contributed by atoms with Crippen LogP contribution in [0, 0.1) is 0 Å². The van der Waals surface area contributed by atoms with E-state index < -0.39 is 0 Å². The maximum absolute atomic E-state index is 3.93. The third-order valence-electron chi connectivity index (χ3n) is 4.62. The summed E-state index contributed by atoms with van der Waals surface area (Å²) in [5, 5.41) is 3.93. The largest absolute Gasteiger partial charge is 0.303 e. The molecule has 1 N–H and O–H groups in total. The van der Waals surface area contributed by atoms with E-state index in [1.165, 1.54) is 52.6 Å². The molecule has 2 atom stereocenters. The molecule has 0 aliphatic heterocycles. The average molecular weight is 348 g/mol. The van der Waals surface area contributed by atoms with Crippen LogP contribution in [0.2, 0.25) is 0 Å². The second kappa shape index (κ2) is 5.28. The fraction of sp³-hybridized carbons (Fsp3) is 0.412. The van der Waals surface area contributed by atoms with Gasteiger partial charge in [0.15, 0.2) is 0 Å². The van der Waals surface area contributed by atoms with Crippen molar-refractivity contribution in [2.45, 2.75) is 44.2 Å². The molecule has 2 unspecified atom stereocenters. The first-order valence-corrected chi connectivity index (χ1v) is 9.04. The lowest BCUT2D eigenvalue weighted by molar-refractivity contribution is 0.401. The van der Waals surface area contributed by atoms with Gasteiger partial charge in [-0.05, 0) is 70.8 Å². The number of aryl methyl sites for hydroxylation is 2. The minimum Gasteiger partial charge on any atom is -0.303 e. The molecule has 4 rings (SSSR count). The van der Waals surface area contributed by atoms with Crippen molar-refractivity contribution in [3.63, 3.8) is 0 Å². The van der Waals surface area contributed by atoms with Crippen LogP contribution in [0.25, 0.3) is 0 Å². The highest BCUT2D eigenvalue weighted by molar-refractivity contribution is 9.11. The van der Waals surface area contributed by atoms with Crippen LogP contribution < -0.4 is 5.32 Å². The summed E-state index contributed by atoms with van der Waals surface area (Å²) < 4.78 is 1.28. The Morgan fingerprint density at radius 3 is 2.85 bits per heavy atom. The van der Waals surface area contributed by atoms with Gasteiger partial charge in [0.05, 0.1) is 3.79 Å². The van der Waals surface area contributed by atoms with E-state index in [0.29, 0.717) is 12.1 Å². The highest BCUT2D eigenvalue weighted by Crippen LogP contribution is 2.40. The monoisotopic (exact) mass is 347 g/mol. The number of fused-ring (bicyclic) bond motifs is 2. The fourth-order valence-electron chi connectivity index (χ4n) is 3.67. The second-order valence-electron chi connectivity index (χ2n) is 5.83. The van der Waals surface area contributed by atoms with E-state index in [2.05, 4.69) is 51.6 Å². The van der Waals surface area contributed by atoms with Gasteiger partial charge in [0, 0.05) is 17.0 Å². The van der Waals surface area contributed by atoms with Crippen LogP contribution in [0.5, 0.6) is 0 Å². The van der Waals surface area contributed by atoms with Gasteiger partial charge in [-0.3, -0.25) is 0 Å². The van der Waals surface area contributed by atoms with E-state index in [0.717, 1.165) is 0 Å². The third kappa shape index (κ3) is 2.26. The van der Waals surface area contributed by atoms with Crippen molar-refractivity contribution in [3.05, 3.63) is 55.7 Å². The van der Waals surface area contributed by atoms with Crippen molar-refractivity contribution in [3.8, 4) is 0 Å². The topological polar surface area (TPSA) is 12.0 Å². The van der Waals surface area contributed by atoms with Gasteiger partial charge in [-0.1, -0.05) is 24.3 Å². The van der Waals surface area contributed by atoms with Crippen LogP contribution in [0.4, 0.5) is 0 Å². The molecule has 0 amide bonds. The Labute approximate surface area is 132 Å². The Morgan fingerprint density at radius 1 is 1.05 bits per heavy atom. The van der Waals surface area contributed by atoms with E-state index in [1.54, 1.807) is 4.88 Å². The summed E-state index contributed by atoms with van der Waals surface area (Å²) in [5.41, 5.74) is 4.60. The number of thiophene rings is 1. The van der Waals surface area contributed by atoms with E-state index in [4.69, 9.17) is 0 Å². The Morgan fingerprint density at radius 2 is 1.90 bits per heavy atom. The molecule has 0 bridgehead atoms. The smallest absolute Gasteiger partial charge is 0.0704 e. The van der Waals surface area contributed by atoms with Crippen molar-refractivity contribution in [2.24, 2.45) is 0 Å². The molecule has 104 valence electrons. The molecule has 1 aromatic carbocycles. The second-order valence-corrected chi connectivity index (χ2v) is 8.35. The Balaban J connectivity index is 1.59. The van der Waals surface area contributed by atoms with Gasteiger partial charge in [-0.15, -0.1) is 11.3 Å². The SMILES string of the molecule is Brc1cc2c(s1)CCCC2NC1CCc2ccccc21. The Bertz CT molecular complexity index is 634. The molecule has 1 heterocycles. The van der Waals surface area contributed by atoms with Gasteiger partial charge in [0.25, 0.3) is 0 Å². The first-order valence-electron chi connectivity index (χ1n) is 7.43. The van der Waals surface area contributed by atoms with Crippen LogP contribution in [-0.2, 0) is 12.8 Å². The molecule has 0 fully saturated rings. The summed E-state index contributed by atoms with van der Waals surface area (Å²) >= 11 is 5.56. The number of rotatable bonds is 2.